The summed E-state index contributed by atoms with van der Waals surface area (Å²) >= 11 is 0. The van der Waals surface area contributed by atoms with Crippen molar-refractivity contribution in [3.05, 3.63) is 105 Å². The first-order valence-corrected chi connectivity index (χ1v) is 8.76. The predicted molar refractivity (Wildman–Crippen MR) is 104 cm³/mol. The number of rotatable bonds is 3. The van der Waals surface area contributed by atoms with E-state index in [-0.39, 0.29) is 22.9 Å². The minimum Gasteiger partial charge on any atom is -0.300 e. The SMILES string of the molecule is Cc1ccc(N2C(=O)Cc3ccccc3C2c2ccccc2[N+](=O)[O-])cc1. The molecule has 4 rings (SSSR count). The summed E-state index contributed by atoms with van der Waals surface area (Å²) in [5.41, 5.74) is 4.20. The molecule has 5 nitrogen and oxygen atoms in total. The Bertz CT molecular complexity index is 1030. The van der Waals surface area contributed by atoms with Gasteiger partial charge in [0.25, 0.3) is 5.69 Å². The molecule has 1 aliphatic heterocycles. The predicted octanol–water partition coefficient (Wildman–Crippen LogP) is 4.58. The summed E-state index contributed by atoms with van der Waals surface area (Å²) in [6, 6.07) is 21.5. The Morgan fingerprint density at radius 1 is 0.926 bits per heavy atom. The minimum absolute atomic E-state index is 0.0177. The van der Waals surface area contributed by atoms with Gasteiger partial charge in [-0.05, 0) is 36.2 Å². The Morgan fingerprint density at radius 2 is 1.56 bits per heavy atom. The Hall–Kier alpha value is -3.47. The summed E-state index contributed by atoms with van der Waals surface area (Å²) in [6.45, 7) is 1.98. The first-order chi connectivity index (χ1) is 13.1. The number of nitro benzene ring substituents is 1. The second-order valence-electron chi connectivity index (χ2n) is 6.69. The molecular weight excluding hydrogens is 340 g/mol. The van der Waals surface area contributed by atoms with Crippen molar-refractivity contribution in [3.63, 3.8) is 0 Å². The van der Waals surface area contributed by atoms with E-state index in [0.717, 1.165) is 22.4 Å². The fraction of sp³-hybridized carbons (Fsp3) is 0.136. The quantitative estimate of drug-likeness (QED) is 0.508. The van der Waals surface area contributed by atoms with Crippen molar-refractivity contribution in [1.82, 2.24) is 0 Å². The molecule has 0 N–H and O–H groups in total. The van der Waals surface area contributed by atoms with Gasteiger partial charge in [-0.1, -0.05) is 54.1 Å². The highest BCUT2D eigenvalue weighted by Crippen LogP contribution is 2.41. The lowest BCUT2D eigenvalue weighted by atomic mass is 9.86. The molecule has 1 heterocycles. The maximum Gasteiger partial charge on any atom is 0.275 e. The van der Waals surface area contributed by atoms with E-state index in [2.05, 4.69) is 0 Å². The lowest BCUT2D eigenvalue weighted by Gasteiger charge is -2.37. The summed E-state index contributed by atoms with van der Waals surface area (Å²) in [5, 5.41) is 11.6. The summed E-state index contributed by atoms with van der Waals surface area (Å²) in [7, 11) is 0. The zero-order valence-electron chi connectivity index (χ0n) is 14.8. The molecule has 3 aromatic rings. The molecular formula is C22H18N2O3. The molecule has 0 saturated carbocycles. The molecule has 0 fully saturated rings. The van der Waals surface area contributed by atoms with Crippen LogP contribution in [0.3, 0.4) is 0 Å². The zero-order chi connectivity index (χ0) is 19.0. The number of para-hydroxylation sites is 1. The molecule has 134 valence electrons. The van der Waals surface area contributed by atoms with Gasteiger partial charge < -0.3 is 4.90 Å². The molecule has 1 aliphatic rings. The number of aryl methyl sites for hydroxylation is 1. The third kappa shape index (κ3) is 2.97. The van der Waals surface area contributed by atoms with E-state index in [9.17, 15) is 14.9 Å². The van der Waals surface area contributed by atoms with Gasteiger partial charge in [0, 0.05) is 11.8 Å². The molecule has 5 heteroatoms. The second kappa shape index (κ2) is 6.68. The van der Waals surface area contributed by atoms with Gasteiger partial charge >= 0.3 is 0 Å². The first-order valence-electron chi connectivity index (χ1n) is 8.76. The number of hydrogen-bond donors (Lipinski definition) is 0. The van der Waals surface area contributed by atoms with Crippen LogP contribution in [0, 0.1) is 17.0 Å². The standard InChI is InChI=1S/C22H18N2O3/c1-15-10-12-17(13-11-15)23-21(25)14-16-6-2-3-7-18(16)22(23)19-8-4-5-9-20(19)24(26)27/h2-13,22H,14H2,1H3. The van der Waals surface area contributed by atoms with Crippen LogP contribution in [0.2, 0.25) is 0 Å². The normalized spacial score (nSPS) is 16.1. The molecule has 0 bridgehead atoms. The van der Waals surface area contributed by atoms with Crippen LogP contribution >= 0.6 is 0 Å². The van der Waals surface area contributed by atoms with Gasteiger partial charge in [0.2, 0.25) is 5.91 Å². The Balaban J connectivity index is 1.96. The van der Waals surface area contributed by atoms with E-state index in [1.54, 1.807) is 23.1 Å². The van der Waals surface area contributed by atoms with Crippen LogP contribution in [0.15, 0.2) is 72.8 Å². The van der Waals surface area contributed by atoms with Crippen LogP contribution in [-0.2, 0) is 11.2 Å². The van der Waals surface area contributed by atoms with E-state index in [0.29, 0.717) is 5.56 Å². The molecule has 0 aromatic heterocycles. The maximum absolute atomic E-state index is 13.1. The lowest BCUT2D eigenvalue weighted by Crippen LogP contribution is -2.41. The molecule has 1 amide bonds. The van der Waals surface area contributed by atoms with E-state index < -0.39 is 6.04 Å². The first kappa shape index (κ1) is 17.0. The minimum atomic E-state index is -0.535. The largest absolute Gasteiger partial charge is 0.300 e. The van der Waals surface area contributed by atoms with Crippen LogP contribution in [-0.4, -0.2) is 10.8 Å². The molecule has 27 heavy (non-hydrogen) atoms. The summed E-state index contributed by atoms with van der Waals surface area (Å²) < 4.78 is 0. The average Bonchev–Trinajstić information content (AvgIpc) is 2.68. The fourth-order valence-corrected chi connectivity index (χ4v) is 3.68. The topological polar surface area (TPSA) is 63.5 Å². The molecule has 0 spiro atoms. The van der Waals surface area contributed by atoms with Crippen molar-refractivity contribution < 1.29 is 9.72 Å². The van der Waals surface area contributed by atoms with Crippen molar-refractivity contribution in [3.8, 4) is 0 Å². The molecule has 1 unspecified atom stereocenters. The van der Waals surface area contributed by atoms with E-state index in [4.69, 9.17) is 0 Å². The third-order valence-electron chi connectivity index (χ3n) is 4.96. The third-order valence-corrected chi connectivity index (χ3v) is 4.96. The average molecular weight is 358 g/mol. The smallest absolute Gasteiger partial charge is 0.275 e. The van der Waals surface area contributed by atoms with E-state index in [1.165, 1.54) is 6.07 Å². The van der Waals surface area contributed by atoms with Crippen molar-refractivity contribution in [2.45, 2.75) is 19.4 Å². The van der Waals surface area contributed by atoms with Gasteiger partial charge in [0.1, 0.15) is 0 Å². The van der Waals surface area contributed by atoms with Crippen molar-refractivity contribution in [1.29, 1.82) is 0 Å². The van der Waals surface area contributed by atoms with Crippen LogP contribution in [0.5, 0.6) is 0 Å². The Kier molecular flexibility index (Phi) is 4.20. The fourth-order valence-electron chi connectivity index (χ4n) is 3.68. The highest BCUT2D eigenvalue weighted by molar-refractivity contribution is 5.98. The number of nitrogens with zero attached hydrogens (tertiary/aromatic N) is 2. The highest BCUT2D eigenvalue weighted by Gasteiger charge is 2.37. The van der Waals surface area contributed by atoms with Crippen molar-refractivity contribution in [2.24, 2.45) is 0 Å². The maximum atomic E-state index is 13.1. The van der Waals surface area contributed by atoms with Crippen molar-refractivity contribution in [2.75, 3.05) is 4.90 Å². The van der Waals surface area contributed by atoms with Gasteiger partial charge in [-0.2, -0.15) is 0 Å². The van der Waals surface area contributed by atoms with Crippen LogP contribution in [0.4, 0.5) is 11.4 Å². The number of amides is 1. The van der Waals surface area contributed by atoms with Crippen LogP contribution in [0.1, 0.15) is 28.3 Å². The summed E-state index contributed by atoms with van der Waals surface area (Å²) in [4.78, 5) is 26.0. The van der Waals surface area contributed by atoms with Crippen LogP contribution < -0.4 is 4.90 Å². The number of hydrogen-bond acceptors (Lipinski definition) is 3. The van der Waals surface area contributed by atoms with E-state index >= 15 is 0 Å². The van der Waals surface area contributed by atoms with Gasteiger partial charge in [-0.25, -0.2) is 0 Å². The lowest BCUT2D eigenvalue weighted by molar-refractivity contribution is -0.385. The highest BCUT2D eigenvalue weighted by atomic mass is 16.6. The molecule has 3 aromatic carbocycles. The van der Waals surface area contributed by atoms with Gasteiger partial charge in [-0.3, -0.25) is 14.9 Å². The van der Waals surface area contributed by atoms with E-state index in [1.807, 2.05) is 55.5 Å². The number of fused-ring (bicyclic) bond motifs is 1. The molecule has 0 saturated heterocycles. The zero-order valence-corrected chi connectivity index (χ0v) is 14.8. The van der Waals surface area contributed by atoms with Gasteiger partial charge in [0.05, 0.1) is 22.9 Å². The number of anilines is 1. The summed E-state index contributed by atoms with van der Waals surface area (Å²) in [5.74, 6) is -0.0688. The number of benzene rings is 3. The Morgan fingerprint density at radius 3 is 2.26 bits per heavy atom. The van der Waals surface area contributed by atoms with Crippen molar-refractivity contribution >= 4 is 17.3 Å². The molecule has 0 radical (unpaired) electrons. The van der Waals surface area contributed by atoms with Crippen LogP contribution in [0.25, 0.3) is 0 Å². The number of carbonyl (C=O) groups excluding carboxylic acids is 1. The molecule has 1 atom stereocenters. The van der Waals surface area contributed by atoms with Gasteiger partial charge in [-0.15, -0.1) is 0 Å². The number of nitro groups is 1. The summed E-state index contributed by atoms with van der Waals surface area (Å²) in [6.07, 6.45) is 0.279. The molecule has 0 aliphatic carbocycles. The second-order valence-corrected chi connectivity index (χ2v) is 6.69. The Labute approximate surface area is 157 Å². The monoisotopic (exact) mass is 358 g/mol. The number of carbonyl (C=O) groups is 1. The van der Waals surface area contributed by atoms with Gasteiger partial charge in [0.15, 0.2) is 0 Å².